The van der Waals surface area contributed by atoms with Crippen LogP contribution in [0, 0.1) is 13.8 Å². The molecule has 0 saturated carbocycles. The largest absolute Gasteiger partial charge is 0.378 e. The number of rotatable bonds is 6. The Hall–Kier alpha value is -0.450. The van der Waals surface area contributed by atoms with Crippen molar-refractivity contribution in [3.8, 4) is 0 Å². The molecule has 2 heterocycles. The van der Waals surface area contributed by atoms with Crippen LogP contribution in [-0.2, 0) is 4.74 Å². The molecular formula is C14H24N2OS. The Morgan fingerprint density at radius 2 is 2.33 bits per heavy atom. The van der Waals surface area contributed by atoms with E-state index in [4.69, 9.17) is 4.74 Å². The van der Waals surface area contributed by atoms with Crippen LogP contribution >= 0.6 is 11.3 Å². The quantitative estimate of drug-likeness (QED) is 0.859. The minimum absolute atomic E-state index is 0.456. The molecule has 18 heavy (non-hydrogen) atoms. The normalized spacial score (nSPS) is 21.4. The highest BCUT2D eigenvalue weighted by Gasteiger charge is 2.18. The van der Waals surface area contributed by atoms with Gasteiger partial charge in [-0.15, -0.1) is 11.3 Å². The Labute approximate surface area is 114 Å². The first-order valence-electron chi connectivity index (χ1n) is 6.93. The number of hydrogen-bond donors (Lipinski definition) is 1. The van der Waals surface area contributed by atoms with E-state index in [1.807, 2.05) is 18.4 Å². The van der Waals surface area contributed by atoms with E-state index in [9.17, 15) is 0 Å². The predicted octanol–water partition coefficient (Wildman–Crippen LogP) is 3.37. The highest BCUT2D eigenvalue weighted by molar-refractivity contribution is 7.11. The van der Waals surface area contributed by atoms with Gasteiger partial charge in [-0.1, -0.05) is 0 Å². The second-order valence-electron chi connectivity index (χ2n) is 5.09. The Morgan fingerprint density at radius 1 is 1.50 bits per heavy atom. The fraction of sp³-hybridized carbons (Fsp3) is 0.786. The molecule has 2 unspecified atom stereocenters. The summed E-state index contributed by atoms with van der Waals surface area (Å²) in [6, 6.07) is 0.456. The van der Waals surface area contributed by atoms with Crippen molar-refractivity contribution in [1.29, 1.82) is 0 Å². The van der Waals surface area contributed by atoms with Crippen molar-refractivity contribution in [2.45, 2.75) is 58.1 Å². The van der Waals surface area contributed by atoms with E-state index in [1.54, 1.807) is 0 Å². The van der Waals surface area contributed by atoms with Gasteiger partial charge in [0.25, 0.3) is 0 Å². The van der Waals surface area contributed by atoms with E-state index in [1.165, 1.54) is 47.7 Å². The molecule has 3 nitrogen and oxygen atoms in total. The van der Waals surface area contributed by atoms with Gasteiger partial charge in [0, 0.05) is 17.5 Å². The summed E-state index contributed by atoms with van der Waals surface area (Å²) >= 11 is 1.82. The molecule has 0 aromatic carbocycles. The Balaban J connectivity index is 1.83. The van der Waals surface area contributed by atoms with Crippen LogP contribution in [0.4, 0.5) is 0 Å². The van der Waals surface area contributed by atoms with Gasteiger partial charge in [0.05, 0.1) is 16.8 Å². The Bertz CT molecular complexity index is 372. The van der Waals surface area contributed by atoms with Crippen LogP contribution in [0.3, 0.4) is 0 Å². The van der Waals surface area contributed by atoms with Crippen LogP contribution in [0.5, 0.6) is 0 Å². The van der Waals surface area contributed by atoms with Gasteiger partial charge in [0.15, 0.2) is 0 Å². The molecular weight excluding hydrogens is 244 g/mol. The highest BCUT2D eigenvalue weighted by Crippen LogP contribution is 2.29. The molecule has 2 atom stereocenters. The first kappa shape index (κ1) is 14.0. The van der Waals surface area contributed by atoms with E-state index < -0.39 is 0 Å². The first-order chi connectivity index (χ1) is 8.70. The molecule has 0 aliphatic carbocycles. The molecule has 1 aromatic heterocycles. The van der Waals surface area contributed by atoms with Crippen LogP contribution in [0.1, 0.15) is 53.7 Å². The second-order valence-corrected chi connectivity index (χ2v) is 6.32. The molecule has 1 aromatic rings. The van der Waals surface area contributed by atoms with Crippen LogP contribution in [-0.4, -0.2) is 24.7 Å². The number of aryl methyl sites for hydroxylation is 2. The van der Waals surface area contributed by atoms with E-state index in [0.29, 0.717) is 12.1 Å². The van der Waals surface area contributed by atoms with E-state index in [2.05, 4.69) is 24.1 Å². The lowest BCUT2D eigenvalue weighted by atomic mass is 10.0. The number of aromatic nitrogens is 1. The summed E-state index contributed by atoms with van der Waals surface area (Å²) < 4.78 is 5.67. The summed E-state index contributed by atoms with van der Waals surface area (Å²) in [5, 5.41) is 4.60. The lowest BCUT2D eigenvalue weighted by Crippen LogP contribution is -2.17. The highest BCUT2D eigenvalue weighted by atomic mass is 32.1. The van der Waals surface area contributed by atoms with Crippen molar-refractivity contribution in [1.82, 2.24) is 10.3 Å². The molecule has 1 saturated heterocycles. The minimum Gasteiger partial charge on any atom is -0.378 e. The van der Waals surface area contributed by atoms with Gasteiger partial charge in [-0.25, -0.2) is 4.98 Å². The third kappa shape index (κ3) is 3.53. The lowest BCUT2D eigenvalue weighted by molar-refractivity contribution is 0.101. The minimum atomic E-state index is 0.456. The van der Waals surface area contributed by atoms with Gasteiger partial charge in [0.2, 0.25) is 0 Å². The summed E-state index contributed by atoms with van der Waals surface area (Å²) in [5.74, 6) is 0. The smallest absolute Gasteiger partial charge is 0.0900 e. The maximum absolute atomic E-state index is 5.67. The molecule has 2 rings (SSSR count). The van der Waals surface area contributed by atoms with Gasteiger partial charge >= 0.3 is 0 Å². The summed E-state index contributed by atoms with van der Waals surface area (Å²) in [5.41, 5.74) is 1.19. The van der Waals surface area contributed by atoms with Gasteiger partial charge in [0.1, 0.15) is 0 Å². The van der Waals surface area contributed by atoms with Crippen molar-refractivity contribution in [2.24, 2.45) is 0 Å². The Kier molecular flexibility index (Phi) is 5.15. The fourth-order valence-corrected chi connectivity index (χ4v) is 3.77. The van der Waals surface area contributed by atoms with E-state index in [-0.39, 0.29) is 0 Å². The maximum Gasteiger partial charge on any atom is 0.0900 e. The molecule has 4 heteroatoms. The zero-order chi connectivity index (χ0) is 13.0. The SMILES string of the molecule is CNC(CCCC1CCCO1)c1sc(C)nc1C. The second kappa shape index (κ2) is 6.64. The van der Waals surface area contributed by atoms with Crippen LogP contribution in [0.2, 0.25) is 0 Å². The summed E-state index contributed by atoms with van der Waals surface area (Å²) in [6.45, 7) is 5.16. The van der Waals surface area contributed by atoms with Gasteiger partial charge in [-0.3, -0.25) is 0 Å². The summed E-state index contributed by atoms with van der Waals surface area (Å²) in [6.07, 6.45) is 6.63. The van der Waals surface area contributed by atoms with Crippen molar-refractivity contribution in [3.05, 3.63) is 15.6 Å². The molecule has 0 bridgehead atoms. The van der Waals surface area contributed by atoms with E-state index >= 15 is 0 Å². The fourth-order valence-electron chi connectivity index (χ4n) is 2.70. The molecule has 0 radical (unpaired) electrons. The number of nitrogens with zero attached hydrogens (tertiary/aromatic N) is 1. The third-order valence-corrected chi connectivity index (χ3v) is 4.83. The number of thiazole rings is 1. The van der Waals surface area contributed by atoms with Crippen LogP contribution in [0.15, 0.2) is 0 Å². The third-order valence-electron chi connectivity index (χ3n) is 3.65. The Morgan fingerprint density at radius 3 is 2.89 bits per heavy atom. The zero-order valence-corrected chi connectivity index (χ0v) is 12.5. The first-order valence-corrected chi connectivity index (χ1v) is 7.75. The zero-order valence-electron chi connectivity index (χ0n) is 11.7. The topological polar surface area (TPSA) is 34.1 Å². The average molecular weight is 268 g/mol. The van der Waals surface area contributed by atoms with Crippen LogP contribution in [0.25, 0.3) is 0 Å². The number of ether oxygens (including phenoxy) is 1. The van der Waals surface area contributed by atoms with Gasteiger partial charge < -0.3 is 10.1 Å². The average Bonchev–Trinajstić information content (AvgIpc) is 2.95. The summed E-state index contributed by atoms with van der Waals surface area (Å²) in [4.78, 5) is 5.92. The van der Waals surface area contributed by atoms with Crippen molar-refractivity contribution >= 4 is 11.3 Å². The molecule has 1 fully saturated rings. The van der Waals surface area contributed by atoms with Gasteiger partial charge in [-0.2, -0.15) is 0 Å². The monoisotopic (exact) mass is 268 g/mol. The van der Waals surface area contributed by atoms with E-state index in [0.717, 1.165) is 6.61 Å². The van der Waals surface area contributed by atoms with Crippen LogP contribution < -0.4 is 5.32 Å². The predicted molar refractivity (Wildman–Crippen MR) is 76.2 cm³/mol. The molecule has 0 spiro atoms. The standard InChI is InChI=1S/C14H24N2OS/c1-10-14(18-11(2)16-10)13(15-3)8-4-6-12-7-5-9-17-12/h12-13,15H,4-9H2,1-3H3. The summed E-state index contributed by atoms with van der Waals surface area (Å²) in [7, 11) is 2.05. The molecule has 1 N–H and O–H groups in total. The molecule has 1 aliphatic heterocycles. The molecule has 0 amide bonds. The van der Waals surface area contributed by atoms with Crippen molar-refractivity contribution in [3.63, 3.8) is 0 Å². The maximum atomic E-state index is 5.67. The number of hydrogen-bond acceptors (Lipinski definition) is 4. The van der Waals surface area contributed by atoms with Gasteiger partial charge in [-0.05, 0) is 53.0 Å². The lowest BCUT2D eigenvalue weighted by Gasteiger charge is -2.16. The molecule has 102 valence electrons. The number of nitrogens with one attached hydrogen (secondary N) is 1. The van der Waals surface area contributed by atoms with Crippen molar-refractivity contribution in [2.75, 3.05) is 13.7 Å². The molecule has 1 aliphatic rings. The van der Waals surface area contributed by atoms with Crippen molar-refractivity contribution < 1.29 is 4.74 Å².